The Kier molecular flexibility index (Phi) is 9.48. The van der Waals surface area contributed by atoms with Crippen molar-refractivity contribution < 1.29 is 23.9 Å². The molecule has 0 unspecified atom stereocenters. The van der Waals surface area contributed by atoms with Gasteiger partial charge in [-0.15, -0.1) is 0 Å². The molecule has 0 heterocycles. The van der Waals surface area contributed by atoms with Crippen molar-refractivity contribution >= 4 is 18.0 Å². The summed E-state index contributed by atoms with van der Waals surface area (Å²) in [5.41, 5.74) is 0.350. The fourth-order valence-electron chi connectivity index (χ4n) is 2.31. The zero-order valence-electron chi connectivity index (χ0n) is 17.4. The highest BCUT2D eigenvalue weighted by Crippen LogP contribution is 2.08. The Hall–Kier alpha value is -2.57. The molecule has 0 saturated carbocycles. The lowest BCUT2D eigenvalue weighted by molar-refractivity contribution is -0.149. The molecule has 0 saturated heterocycles. The molecule has 0 aliphatic heterocycles. The number of carbonyl (C=O) groups excluding carboxylic acids is 3. The standard InChI is InChI=1S/C21H32N2O5/c1-15(10-9-13-22-20(26)28-21(3,4)5)18(24)23-16(2)19(25)27-14-17-11-7-6-8-12-17/h6-8,11-12,15-16H,9-10,13-14H2,1-5H3,(H,22,26)(H,23,24)/t15-,16-/m0/s1. The molecular formula is C21H32N2O5. The lowest BCUT2D eigenvalue weighted by Crippen LogP contribution is -2.42. The minimum absolute atomic E-state index is 0.172. The molecule has 0 bridgehead atoms. The zero-order chi connectivity index (χ0) is 21.2. The normalized spacial score (nSPS) is 13.2. The van der Waals surface area contributed by atoms with Crippen LogP contribution in [-0.4, -0.2) is 36.2 Å². The summed E-state index contributed by atoms with van der Waals surface area (Å²) in [6.07, 6.45) is 0.730. The molecule has 2 atom stereocenters. The first-order valence-corrected chi connectivity index (χ1v) is 9.56. The molecule has 0 spiro atoms. The van der Waals surface area contributed by atoms with Gasteiger partial charge in [-0.2, -0.15) is 0 Å². The zero-order valence-corrected chi connectivity index (χ0v) is 17.4. The van der Waals surface area contributed by atoms with Crippen molar-refractivity contribution in [1.82, 2.24) is 10.6 Å². The van der Waals surface area contributed by atoms with Gasteiger partial charge >= 0.3 is 12.1 Å². The summed E-state index contributed by atoms with van der Waals surface area (Å²) in [6, 6.07) is 8.63. The van der Waals surface area contributed by atoms with Crippen LogP contribution in [0.15, 0.2) is 30.3 Å². The molecule has 0 aliphatic rings. The monoisotopic (exact) mass is 392 g/mol. The van der Waals surface area contributed by atoms with Crippen LogP contribution in [0.5, 0.6) is 0 Å². The van der Waals surface area contributed by atoms with E-state index in [1.54, 1.807) is 34.6 Å². The molecule has 7 heteroatoms. The van der Waals surface area contributed by atoms with E-state index in [0.717, 1.165) is 5.56 Å². The van der Waals surface area contributed by atoms with Crippen LogP contribution in [0.2, 0.25) is 0 Å². The third-order valence-corrected chi connectivity index (χ3v) is 3.87. The van der Waals surface area contributed by atoms with Crippen molar-refractivity contribution in [1.29, 1.82) is 0 Å². The SMILES string of the molecule is C[C@H](NC(=O)[C@@H](C)CCCNC(=O)OC(C)(C)C)C(=O)OCc1ccccc1. The van der Waals surface area contributed by atoms with Crippen LogP contribution in [0.3, 0.4) is 0 Å². The Morgan fingerprint density at radius 2 is 1.71 bits per heavy atom. The fraction of sp³-hybridized carbons (Fsp3) is 0.571. The van der Waals surface area contributed by atoms with Gasteiger partial charge in [0.05, 0.1) is 0 Å². The Morgan fingerprint density at radius 1 is 1.07 bits per heavy atom. The van der Waals surface area contributed by atoms with E-state index in [-0.39, 0.29) is 18.4 Å². The number of hydrogen-bond acceptors (Lipinski definition) is 5. The molecule has 2 N–H and O–H groups in total. The molecule has 1 aromatic carbocycles. The Morgan fingerprint density at radius 3 is 2.32 bits per heavy atom. The second-order valence-electron chi connectivity index (χ2n) is 7.80. The maximum atomic E-state index is 12.2. The van der Waals surface area contributed by atoms with Crippen molar-refractivity contribution in [3.63, 3.8) is 0 Å². The van der Waals surface area contributed by atoms with Crippen molar-refractivity contribution in [2.75, 3.05) is 6.54 Å². The van der Waals surface area contributed by atoms with E-state index in [0.29, 0.717) is 19.4 Å². The third-order valence-electron chi connectivity index (χ3n) is 3.87. The summed E-state index contributed by atoms with van der Waals surface area (Å²) < 4.78 is 10.4. The first-order chi connectivity index (χ1) is 13.1. The highest BCUT2D eigenvalue weighted by Gasteiger charge is 2.21. The van der Waals surface area contributed by atoms with Crippen LogP contribution >= 0.6 is 0 Å². The van der Waals surface area contributed by atoms with Crippen molar-refractivity contribution in [3.8, 4) is 0 Å². The number of benzene rings is 1. The molecule has 0 radical (unpaired) electrons. The van der Waals surface area contributed by atoms with Gasteiger partial charge < -0.3 is 20.1 Å². The molecule has 0 aromatic heterocycles. The topological polar surface area (TPSA) is 93.7 Å². The van der Waals surface area contributed by atoms with E-state index in [4.69, 9.17) is 9.47 Å². The first kappa shape index (κ1) is 23.5. The number of esters is 1. The minimum atomic E-state index is -0.724. The van der Waals surface area contributed by atoms with Gasteiger partial charge in [0.15, 0.2) is 0 Å². The second-order valence-corrected chi connectivity index (χ2v) is 7.80. The summed E-state index contributed by atoms with van der Waals surface area (Å²) in [6.45, 7) is 9.36. The highest BCUT2D eigenvalue weighted by molar-refractivity contribution is 5.85. The van der Waals surface area contributed by atoms with Crippen LogP contribution in [0, 0.1) is 5.92 Å². The summed E-state index contributed by atoms with van der Waals surface area (Å²) >= 11 is 0. The van der Waals surface area contributed by atoms with E-state index in [2.05, 4.69) is 10.6 Å². The average molecular weight is 392 g/mol. The molecule has 0 aliphatic carbocycles. The smallest absolute Gasteiger partial charge is 0.407 e. The van der Waals surface area contributed by atoms with Gasteiger partial charge in [-0.1, -0.05) is 37.3 Å². The number of rotatable bonds is 9. The number of carbonyl (C=O) groups is 3. The Bertz CT molecular complexity index is 640. The fourth-order valence-corrected chi connectivity index (χ4v) is 2.31. The molecule has 0 fully saturated rings. The predicted octanol–water partition coefficient (Wildman–Crippen LogP) is 3.18. The van der Waals surface area contributed by atoms with Crippen molar-refractivity contribution in [3.05, 3.63) is 35.9 Å². The maximum absolute atomic E-state index is 12.2. The van der Waals surface area contributed by atoms with Crippen molar-refractivity contribution in [2.45, 2.75) is 65.7 Å². The lowest BCUT2D eigenvalue weighted by Gasteiger charge is -2.20. The highest BCUT2D eigenvalue weighted by atomic mass is 16.6. The van der Waals surface area contributed by atoms with E-state index in [1.807, 2.05) is 30.3 Å². The number of hydrogen-bond donors (Lipinski definition) is 2. The van der Waals surface area contributed by atoms with Crippen LogP contribution < -0.4 is 10.6 Å². The molecule has 28 heavy (non-hydrogen) atoms. The van der Waals surface area contributed by atoms with E-state index in [9.17, 15) is 14.4 Å². The summed E-state index contributed by atoms with van der Waals surface area (Å²) in [7, 11) is 0. The number of amides is 2. The largest absolute Gasteiger partial charge is 0.459 e. The van der Waals surface area contributed by atoms with Crippen LogP contribution in [0.25, 0.3) is 0 Å². The predicted molar refractivity (Wildman–Crippen MR) is 106 cm³/mol. The van der Waals surface area contributed by atoms with Gasteiger partial charge in [0.1, 0.15) is 18.2 Å². The van der Waals surface area contributed by atoms with E-state index < -0.39 is 23.7 Å². The van der Waals surface area contributed by atoms with Gasteiger partial charge in [0.2, 0.25) is 5.91 Å². The number of nitrogens with one attached hydrogen (secondary N) is 2. The molecule has 1 aromatic rings. The maximum Gasteiger partial charge on any atom is 0.407 e. The number of alkyl carbamates (subject to hydrolysis) is 1. The van der Waals surface area contributed by atoms with Gasteiger partial charge in [-0.05, 0) is 46.1 Å². The van der Waals surface area contributed by atoms with Crippen LogP contribution in [0.1, 0.15) is 53.0 Å². The lowest BCUT2D eigenvalue weighted by atomic mass is 10.0. The van der Waals surface area contributed by atoms with E-state index in [1.165, 1.54) is 0 Å². The average Bonchev–Trinajstić information content (AvgIpc) is 2.62. The Balaban J connectivity index is 2.25. The third kappa shape index (κ3) is 9.94. The molecule has 7 nitrogen and oxygen atoms in total. The summed E-state index contributed by atoms with van der Waals surface area (Å²) in [5.74, 6) is -0.984. The van der Waals surface area contributed by atoms with E-state index >= 15 is 0 Å². The first-order valence-electron chi connectivity index (χ1n) is 9.56. The molecular weight excluding hydrogens is 360 g/mol. The summed E-state index contributed by atoms with van der Waals surface area (Å²) in [4.78, 5) is 35.8. The van der Waals surface area contributed by atoms with Gasteiger partial charge in [-0.25, -0.2) is 9.59 Å². The minimum Gasteiger partial charge on any atom is -0.459 e. The summed E-state index contributed by atoms with van der Waals surface area (Å²) in [5, 5.41) is 5.33. The van der Waals surface area contributed by atoms with Gasteiger partial charge in [0, 0.05) is 12.5 Å². The Labute approximate surface area is 167 Å². The molecule has 1 rings (SSSR count). The quantitative estimate of drug-likeness (QED) is 0.497. The van der Waals surface area contributed by atoms with Crippen molar-refractivity contribution in [2.24, 2.45) is 5.92 Å². The molecule has 156 valence electrons. The van der Waals surface area contributed by atoms with Crippen LogP contribution in [0.4, 0.5) is 4.79 Å². The second kappa shape index (κ2) is 11.3. The number of ether oxygens (including phenoxy) is 2. The van der Waals surface area contributed by atoms with Crippen LogP contribution in [-0.2, 0) is 25.7 Å². The van der Waals surface area contributed by atoms with Gasteiger partial charge in [-0.3, -0.25) is 4.79 Å². The van der Waals surface area contributed by atoms with Gasteiger partial charge in [0.25, 0.3) is 0 Å². The molecule has 2 amide bonds.